The van der Waals surface area contributed by atoms with Gasteiger partial charge in [-0.1, -0.05) is 12.1 Å². The van der Waals surface area contributed by atoms with Crippen LogP contribution < -0.4 is 10.2 Å². The van der Waals surface area contributed by atoms with Crippen LogP contribution in [0.1, 0.15) is 18.0 Å². The smallest absolute Gasteiger partial charge is 0.279 e. The van der Waals surface area contributed by atoms with E-state index in [-0.39, 0.29) is 17.8 Å². The van der Waals surface area contributed by atoms with Crippen LogP contribution >= 0.6 is 11.3 Å². The SMILES string of the molecule is C[C@@H](c1nc2ccccc2s1)[NH+](C)CC(=O)Nc1ccc(F)cc1. The molecule has 1 unspecified atom stereocenters. The Morgan fingerprint density at radius 1 is 1.25 bits per heavy atom. The zero-order chi connectivity index (χ0) is 17.1. The fourth-order valence-electron chi connectivity index (χ4n) is 2.43. The van der Waals surface area contributed by atoms with Crippen LogP contribution in [0, 0.1) is 5.82 Å². The minimum absolute atomic E-state index is 0.105. The molecule has 2 N–H and O–H groups in total. The zero-order valence-corrected chi connectivity index (χ0v) is 14.4. The summed E-state index contributed by atoms with van der Waals surface area (Å²) >= 11 is 1.66. The summed E-state index contributed by atoms with van der Waals surface area (Å²) in [5.74, 6) is -0.424. The number of aromatic nitrogens is 1. The fraction of sp³-hybridized carbons (Fsp3) is 0.222. The number of nitrogens with one attached hydrogen (secondary N) is 2. The number of carbonyl (C=O) groups is 1. The van der Waals surface area contributed by atoms with Gasteiger partial charge in [0.05, 0.1) is 17.3 Å². The fourth-order valence-corrected chi connectivity index (χ4v) is 3.54. The Labute approximate surface area is 143 Å². The van der Waals surface area contributed by atoms with Crippen molar-refractivity contribution in [2.75, 3.05) is 18.9 Å². The number of anilines is 1. The molecule has 0 saturated carbocycles. The number of hydrogen-bond acceptors (Lipinski definition) is 3. The third kappa shape index (κ3) is 3.77. The number of hydrogen-bond donors (Lipinski definition) is 2. The van der Waals surface area contributed by atoms with Crippen LogP contribution in [0.4, 0.5) is 10.1 Å². The topological polar surface area (TPSA) is 46.4 Å². The number of carbonyl (C=O) groups excluding carboxylic acids is 1. The summed E-state index contributed by atoms with van der Waals surface area (Å²) < 4.78 is 14.0. The monoisotopic (exact) mass is 344 g/mol. The molecule has 1 aromatic heterocycles. The van der Waals surface area contributed by atoms with Gasteiger partial charge < -0.3 is 10.2 Å². The summed E-state index contributed by atoms with van der Waals surface area (Å²) in [5, 5.41) is 3.81. The van der Waals surface area contributed by atoms with Crippen molar-refractivity contribution in [1.29, 1.82) is 0 Å². The lowest BCUT2D eigenvalue weighted by Crippen LogP contribution is -3.10. The molecular weight excluding hydrogens is 325 g/mol. The van der Waals surface area contributed by atoms with Crippen molar-refractivity contribution in [2.24, 2.45) is 0 Å². The van der Waals surface area contributed by atoms with Gasteiger partial charge in [0.1, 0.15) is 11.9 Å². The van der Waals surface area contributed by atoms with E-state index in [9.17, 15) is 9.18 Å². The first kappa shape index (κ1) is 16.5. The predicted molar refractivity (Wildman–Crippen MR) is 94.8 cm³/mol. The maximum Gasteiger partial charge on any atom is 0.279 e. The van der Waals surface area contributed by atoms with Gasteiger partial charge in [0.15, 0.2) is 11.6 Å². The number of halogens is 1. The van der Waals surface area contributed by atoms with Gasteiger partial charge in [-0.2, -0.15) is 0 Å². The quantitative estimate of drug-likeness (QED) is 0.747. The normalized spacial score (nSPS) is 13.6. The summed E-state index contributed by atoms with van der Waals surface area (Å²) in [5.41, 5.74) is 1.59. The van der Waals surface area contributed by atoms with Gasteiger partial charge in [-0.05, 0) is 43.3 Å². The average Bonchev–Trinajstić information content (AvgIpc) is 3.00. The second-order valence-corrected chi connectivity index (χ2v) is 6.88. The lowest BCUT2D eigenvalue weighted by Gasteiger charge is -2.19. The number of quaternary nitrogens is 1. The lowest BCUT2D eigenvalue weighted by atomic mass is 10.3. The molecule has 1 heterocycles. The Morgan fingerprint density at radius 2 is 1.96 bits per heavy atom. The van der Waals surface area contributed by atoms with Gasteiger partial charge in [-0.25, -0.2) is 9.37 Å². The van der Waals surface area contributed by atoms with Crippen molar-refractivity contribution in [3.8, 4) is 0 Å². The minimum atomic E-state index is -0.319. The second kappa shape index (κ2) is 7.07. The lowest BCUT2D eigenvalue weighted by molar-refractivity contribution is -0.902. The van der Waals surface area contributed by atoms with Crippen LogP contribution in [-0.4, -0.2) is 24.5 Å². The van der Waals surface area contributed by atoms with Gasteiger partial charge >= 0.3 is 0 Å². The Balaban J connectivity index is 1.63. The van der Waals surface area contributed by atoms with Gasteiger partial charge in [-0.15, -0.1) is 11.3 Å². The summed E-state index contributed by atoms with van der Waals surface area (Å²) in [7, 11) is 1.97. The van der Waals surface area contributed by atoms with Gasteiger partial charge in [0.2, 0.25) is 0 Å². The average molecular weight is 344 g/mol. The van der Waals surface area contributed by atoms with Gasteiger partial charge in [-0.3, -0.25) is 4.79 Å². The van der Waals surface area contributed by atoms with Crippen molar-refractivity contribution in [1.82, 2.24) is 4.98 Å². The number of likely N-dealkylation sites (N-methyl/N-ethyl adjacent to an activating group) is 1. The van der Waals surface area contributed by atoms with E-state index in [1.807, 2.05) is 25.2 Å². The highest BCUT2D eigenvalue weighted by Crippen LogP contribution is 2.24. The number of rotatable bonds is 5. The number of para-hydroxylation sites is 1. The molecule has 0 bridgehead atoms. The van der Waals surface area contributed by atoms with Crippen molar-refractivity contribution in [3.63, 3.8) is 0 Å². The summed E-state index contributed by atoms with van der Waals surface area (Å²) in [4.78, 5) is 17.9. The molecule has 1 amide bonds. The van der Waals surface area contributed by atoms with Crippen LogP contribution in [0.25, 0.3) is 10.2 Å². The van der Waals surface area contributed by atoms with Crippen LogP contribution in [-0.2, 0) is 4.79 Å². The van der Waals surface area contributed by atoms with Crippen molar-refractivity contribution >= 4 is 33.1 Å². The first-order valence-electron chi connectivity index (χ1n) is 7.76. The van der Waals surface area contributed by atoms with Crippen molar-refractivity contribution in [3.05, 3.63) is 59.4 Å². The molecule has 0 saturated heterocycles. The summed E-state index contributed by atoms with van der Waals surface area (Å²) in [6.07, 6.45) is 0. The van der Waals surface area contributed by atoms with Crippen LogP contribution in [0.15, 0.2) is 48.5 Å². The molecule has 24 heavy (non-hydrogen) atoms. The van der Waals surface area contributed by atoms with E-state index in [0.717, 1.165) is 20.1 Å². The molecular formula is C18H19FN3OS+. The van der Waals surface area contributed by atoms with E-state index >= 15 is 0 Å². The van der Waals surface area contributed by atoms with E-state index < -0.39 is 0 Å². The van der Waals surface area contributed by atoms with E-state index in [0.29, 0.717) is 12.2 Å². The largest absolute Gasteiger partial charge is 0.322 e. The number of thiazole rings is 1. The first-order chi connectivity index (χ1) is 11.5. The van der Waals surface area contributed by atoms with Crippen LogP contribution in [0.5, 0.6) is 0 Å². The van der Waals surface area contributed by atoms with Crippen LogP contribution in [0.2, 0.25) is 0 Å². The van der Waals surface area contributed by atoms with Crippen molar-refractivity contribution in [2.45, 2.75) is 13.0 Å². The number of benzene rings is 2. The Kier molecular flexibility index (Phi) is 4.87. The summed E-state index contributed by atoms with van der Waals surface area (Å²) in [6, 6.07) is 13.9. The third-order valence-electron chi connectivity index (χ3n) is 3.99. The highest BCUT2D eigenvalue weighted by Gasteiger charge is 2.22. The molecule has 0 spiro atoms. The minimum Gasteiger partial charge on any atom is -0.322 e. The molecule has 0 fully saturated rings. The molecule has 2 atom stereocenters. The number of fused-ring (bicyclic) bond motifs is 1. The molecule has 0 aliphatic carbocycles. The van der Waals surface area contributed by atoms with E-state index in [2.05, 4.69) is 23.3 Å². The number of nitrogens with zero attached hydrogens (tertiary/aromatic N) is 1. The van der Waals surface area contributed by atoms with E-state index in [4.69, 9.17) is 0 Å². The second-order valence-electron chi connectivity index (χ2n) is 5.82. The molecule has 4 nitrogen and oxygen atoms in total. The molecule has 0 aliphatic rings. The van der Waals surface area contributed by atoms with Gasteiger partial charge in [0.25, 0.3) is 5.91 Å². The Bertz CT molecular complexity index is 814. The Hall–Kier alpha value is -2.31. The predicted octanol–water partition coefficient (Wildman–Crippen LogP) is 2.65. The van der Waals surface area contributed by atoms with Crippen LogP contribution in [0.3, 0.4) is 0 Å². The van der Waals surface area contributed by atoms with Gasteiger partial charge in [0, 0.05) is 5.69 Å². The van der Waals surface area contributed by atoms with Crippen molar-refractivity contribution < 1.29 is 14.1 Å². The number of amides is 1. The standard InChI is InChI=1S/C18H18FN3OS/c1-12(18-21-15-5-3-4-6-16(15)24-18)22(2)11-17(23)20-14-9-7-13(19)8-10-14/h3-10,12H,11H2,1-2H3,(H,20,23)/p+1/t12-/m0/s1. The first-order valence-corrected chi connectivity index (χ1v) is 8.58. The molecule has 124 valence electrons. The van der Waals surface area contributed by atoms with E-state index in [1.54, 1.807) is 23.5 Å². The zero-order valence-electron chi connectivity index (χ0n) is 13.5. The molecule has 3 aromatic rings. The molecule has 6 heteroatoms. The molecule has 0 aliphatic heterocycles. The van der Waals surface area contributed by atoms with E-state index in [1.165, 1.54) is 12.1 Å². The maximum atomic E-state index is 12.9. The Morgan fingerprint density at radius 3 is 2.67 bits per heavy atom. The highest BCUT2D eigenvalue weighted by atomic mass is 32.1. The molecule has 0 radical (unpaired) electrons. The third-order valence-corrected chi connectivity index (χ3v) is 5.21. The highest BCUT2D eigenvalue weighted by molar-refractivity contribution is 7.18. The maximum absolute atomic E-state index is 12.9. The summed E-state index contributed by atoms with van der Waals surface area (Å²) in [6.45, 7) is 2.38. The molecule has 2 aromatic carbocycles. The molecule has 3 rings (SSSR count).